The molecule has 2 N–H and O–H groups in total. The second-order valence-corrected chi connectivity index (χ2v) is 7.33. The quantitative estimate of drug-likeness (QED) is 0.901. The summed E-state index contributed by atoms with van der Waals surface area (Å²) in [5.74, 6) is 2.47. The molecule has 2 aromatic carbocycles. The number of nitrogens with one attached hydrogen (secondary N) is 2. The topological polar surface area (TPSA) is 53.6 Å². The second kappa shape index (κ2) is 5.41. The van der Waals surface area contributed by atoms with E-state index in [1.54, 1.807) is 0 Å². The van der Waals surface area contributed by atoms with Crippen LogP contribution in [0.4, 0.5) is 22.7 Å². The number of carbonyl (C=O) groups excluding carboxylic acids is 1. The normalized spacial score (nSPS) is 23.4. The van der Waals surface area contributed by atoms with Crippen molar-refractivity contribution < 1.29 is 9.53 Å². The molecule has 1 saturated heterocycles. The fourth-order valence-corrected chi connectivity index (χ4v) is 3.90. The van der Waals surface area contributed by atoms with Crippen LogP contribution >= 0.6 is 0 Å². The number of fused-ring (bicyclic) bond motifs is 2. The molecular formula is C20H21N3O2. The number of ether oxygens (including phenoxy) is 1. The molecule has 2 aliphatic heterocycles. The number of rotatable bonds is 3. The van der Waals surface area contributed by atoms with E-state index in [1.807, 2.05) is 18.2 Å². The highest BCUT2D eigenvalue weighted by Crippen LogP contribution is 2.46. The monoisotopic (exact) mass is 335 g/mol. The zero-order valence-corrected chi connectivity index (χ0v) is 14.2. The molecular weight excluding hydrogens is 314 g/mol. The van der Waals surface area contributed by atoms with Gasteiger partial charge in [-0.25, -0.2) is 0 Å². The van der Waals surface area contributed by atoms with Crippen LogP contribution in [0.2, 0.25) is 0 Å². The van der Waals surface area contributed by atoms with Gasteiger partial charge in [0.25, 0.3) is 5.91 Å². The van der Waals surface area contributed by atoms with Gasteiger partial charge in [-0.15, -0.1) is 0 Å². The number of anilines is 4. The van der Waals surface area contributed by atoms with E-state index >= 15 is 0 Å². The van der Waals surface area contributed by atoms with Gasteiger partial charge in [0, 0.05) is 36.2 Å². The average molecular weight is 335 g/mol. The van der Waals surface area contributed by atoms with Crippen LogP contribution in [0.3, 0.4) is 0 Å². The number of hydrogen-bond acceptors (Lipinski definition) is 4. The minimum absolute atomic E-state index is 0.0714. The van der Waals surface area contributed by atoms with E-state index in [2.05, 4.69) is 40.7 Å². The minimum Gasteiger partial charge on any atom is -0.482 e. The van der Waals surface area contributed by atoms with Gasteiger partial charge in [0.1, 0.15) is 5.75 Å². The van der Waals surface area contributed by atoms with Crippen molar-refractivity contribution in [2.75, 3.05) is 35.2 Å². The highest BCUT2D eigenvalue weighted by atomic mass is 16.5. The van der Waals surface area contributed by atoms with Crippen molar-refractivity contribution in [3.05, 3.63) is 42.0 Å². The number of benzene rings is 2. The zero-order chi connectivity index (χ0) is 17.0. The van der Waals surface area contributed by atoms with Gasteiger partial charge in [-0.05, 0) is 61.1 Å². The van der Waals surface area contributed by atoms with Gasteiger partial charge < -0.3 is 20.3 Å². The van der Waals surface area contributed by atoms with Crippen LogP contribution in [0.15, 0.2) is 36.4 Å². The highest BCUT2D eigenvalue weighted by molar-refractivity contribution is 5.95. The van der Waals surface area contributed by atoms with Crippen LogP contribution in [-0.4, -0.2) is 25.6 Å². The van der Waals surface area contributed by atoms with Gasteiger partial charge in [0.2, 0.25) is 0 Å². The summed E-state index contributed by atoms with van der Waals surface area (Å²) < 4.78 is 5.49. The van der Waals surface area contributed by atoms with E-state index in [9.17, 15) is 4.79 Å². The van der Waals surface area contributed by atoms with Crippen molar-refractivity contribution in [3.8, 4) is 5.75 Å². The largest absolute Gasteiger partial charge is 0.482 e. The molecule has 3 aliphatic rings. The Morgan fingerprint density at radius 3 is 2.80 bits per heavy atom. The molecule has 0 spiro atoms. The van der Waals surface area contributed by atoms with Gasteiger partial charge in [-0.1, -0.05) is 0 Å². The lowest BCUT2D eigenvalue weighted by atomic mass is 10.1. The Kier molecular flexibility index (Phi) is 3.17. The molecule has 2 heterocycles. The van der Waals surface area contributed by atoms with Crippen LogP contribution in [0.25, 0.3) is 0 Å². The first-order valence-corrected chi connectivity index (χ1v) is 8.85. The molecule has 5 nitrogen and oxygen atoms in total. The Morgan fingerprint density at radius 1 is 1.16 bits per heavy atom. The molecule has 5 heteroatoms. The summed E-state index contributed by atoms with van der Waals surface area (Å²) in [4.78, 5) is 13.9. The maximum atomic E-state index is 11.4. The summed E-state index contributed by atoms with van der Waals surface area (Å²) >= 11 is 0. The lowest BCUT2D eigenvalue weighted by Gasteiger charge is -2.22. The molecule has 5 rings (SSSR count). The third-order valence-corrected chi connectivity index (χ3v) is 5.45. The summed E-state index contributed by atoms with van der Waals surface area (Å²) in [5, 5.41) is 6.27. The molecule has 2 unspecified atom stereocenters. The first-order valence-electron chi connectivity index (χ1n) is 8.85. The standard InChI is InChI=1S/C20H21N3O2/c1-12-6-16(23-9-13-7-14(13)10-23)3-5-17(12)21-15-2-4-18-19(8-15)25-11-20(24)22-18/h2-6,8,13-14,21H,7,9-11H2,1H3,(H,22,24). The Labute approximate surface area is 147 Å². The highest BCUT2D eigenvalue weighted by Gasteiger charge is 2.45. The van der Waals surface area contributed by atoms with E-state index in [-0.39, 0.29) is 12.5 Å². The van der Waals surface area contributed by atoms with Gasteiger partial charge in [0.05, 0.1) is 5.69 Å². The lowest BCUT2D eigenvalue weighted by Crippen LogP contribution is -2.25. The SMILES string of the molecule is Cc1cc(N2CC3CC3C2)ccc1Nc1ccc2c(c1)OCC(=O)N2. The number of amides is 1. The van der Waals surface area contributed by atoms with Crippen molar-refractivity contribution in [3.63, 3.8) is 0 Å². The molecule has 1 amide bonds. The molecule has 1 saturated carbocycles. The van der Waals surface area contributed by atoms with Gasteiger partial charge >= 0.3 is 0 Å². The maximum Gasteiger partial charge on any atom is 0.262 e. The minimum atomic E-state index is -0.112. The van der Waals surface area contributed by atoms with E-state index in [1.165, 1.54) is 30.8 Å². The van der Waals surface area contributed by atoms with Gasteiger partial charge in [-0.2, -0.15) is 0 Å². The van der Waals surface area contributed by atoms with Crippen LogP contribution in [-0.2, 0) is 4.79 Å². The average Bonchev–Trinajstić information content (AvgIpc) is 3.22. The van der Waals surface area contributed by atoms with Crippen LogP contribution in [0, 0.1) is 18.8 Å². The van der Waals surface area contributed by atoms with Crippen LogP contribution in [0.1, 0.15) is 12.0 Å². The second-order valence-electron chi connectivity index (χ2n) is 7.33. The van der Waals surface area contributed by atoms with E-state index in [0.29, 0.717) is 5.75 Å². The number of hydrogen-bond donors (Lipinski definition) is 2. The zero-order valence-electron chi connectivity index (χ0n) is 14.2. The molecule has 25 heavy (non-hydrogen) atoms. The smallest absolute Gasteiger partial charge is 0.262 e. The van der Waals surface area contributed by atoms with Crippen molar-refractivity contribution in [1.82, 2.24) is 0 Å². The van der Waals surface area contributed by atoms with Crippen LogP contribution in [0.5, 0.6) is 5.75 Å². The Balaban J connectivity index is 1.34. The Morgan fingerprint density at radius 2 is 2.00 bits per heavy atom. The fourth-order valence-electron chi connectivity index (χ4n) is 3.90. The van der Waals surface area contributed by atoms with E-state index in [0.717, 1.165) is 28.9 Å². The molecule has 0 aromatic heterocycles. The van der Waals surface area contributed by atoms with Crippen molar-refractivity contribution in [1.29, 1.82) is 0 Å². The van der Waals surface area contributed by atoms with Gasteiger partial charge in [-0.3, -0.25) is 4.79 Å². The molecule has 0 radical (unpaired) electrons. The molecule has 0 bridgehead atoms. The third-order valence-electron chi connectivity index (χ3n) is 5.45. The lowest BCUT2D eigenvalue weighted by molar-refractivity contribution is -0.118. The van der Waals surface area contributed by atoms with E-state index in [4.69, 9.17) is 4.74 Å². The summed E-state index contributed by atoms with van der Waals surface area (Å²) in [6.07, 6.45) is 1.43. The molecule has 2 aromatic rings. The summed E-state index contributed by atoms with van der Waals surface area (Å²) in [6.45, 7) is 4.63. The van der Waals surface area contributed by atoms with Crippen molar-refractivity contribution >= 4 is 28.7 Å². The third kappa shape index (κ3) is 2.69. The van der Waals surface area contributed by atoms with Crippen molar-refractivity contribution in [2.45, 2.75) is 13.3 Å². The first-order chi connectivity index (χ1) is 12.2. The predicted octanol–water partition coefficient (Wildman–Crippen LogP) is 3.53. The maximum absolute atomic E-state index is 11.4. The fraction of sp³-hybridized carbons (Fsp3) is 0.350. The van der Waals surface area contributed by atoms with Crippen molar-refractivity contribution in [2.24, 2.45) is 11.8 Å². The summed E-state index contributed by atoms with van der Waals surface area (Å²) in [5.41, 5.74) is 5.32. The molecule has 1 aliphatic carbocycles. The Bertz CT molecular complexity index is 854. The Hall–Kier alpha value is -2.69. The van der Waals surface area contributed by atoms with Gasteiger partial charge in [0.15, 0.2) is 6.61 Å². The predicted molar refractivity (Wildman–Crippen MR) is 98.8 cm³/mol. The first kappa shape index (κ1) is 14.6. The number of piperidine rings is 1. The summed E-state index contributed by atoms with van der Waals surface area (Å²) in [7, 11) is 0. The van der Waals surface area contributed by atoms with E-state index < -0.39 is 0 Å². The molecule has 2 fully saturated rings. The molecule has 128 valence electrons. The number of aryl methyl sites for hydroxylation is 1. The van der Waals surface area contributed by atoms with Crippen LogP contribution < -0.4 is 20.3 Å². The molecule has 2 atom stereocenters. The summed E-state index contributed by atoms with van der Waals surface area (Å²) in [6, 6.07) is 12.4. The number of nitrogens with zero attached hydrogens (tertiary/aromatic N) is 1. The number of carbonyl (C=O) groups is 1.